The normalized spacial score (nSPS) is 13.2. The molecule has 1 unspecified atom stereocenters. The Hall–Kier alpha value is -2.43. The van der Waals surface area contributed by atoms with Gasteiger partial charge in [-0.15, -0.1) is 0 Å². The van der Waals surface area contributed by atoms with Crippen LogP contribution in [0.3, 0.4) is 0 Å². The number of alkyl halides is 3. The Balaban J connectivity index is 2.25. The second-order valence-corrected chi connectivity index (χ2v) is 8.29. The molecular formula is C19H21F3N2O4S. The number of amides is 1. The Morgan fingerprint density at radius 1 is 1.17 bits per heavy atom. The predicted molar refractivity (Wildman–Crippen MR) is 101 cm³/mol. The lowest BCUT2D eigenvalue weighted by molar-refractivity contribution is -0.139. The fourth-order valence-electron chi connectivity index (χ4n) is 2.79. The number of benzene rings is 2. The molecule has 1 atom stereocenters. The first-order valence-electron chi connectivity index (χ1n) is 8.55. The van der Waals surface area contributed by atoms with E-state index in [1.807, 2.05) is 0 Å². The largest absolute Gasteiger partial charge is 0.416 e. The highest BCUT2D eigenvalue weighted by molar-refractivity contribution is 7.89. The van der Waals surface area contributed by atoms with Crippen LogP contribution < -0.4 is 10.0 Å². The van der Waals surface area contributed by atoms with Crippen LogP contribution in [0.25, 0.3) is 0 Å². The van der Waals surface area contributed by atoms with Crippen molar-refractivity contribution in [1.29, 1.82) is 0 Å². The molecule has 0 aliphatic carbocycles. The van der Waals surface area contributed by atoms with Gasteiger partial charge in [0.2, 0.25) is 10.0 Å². The molecule has 0 saturated heterocycles. The fourth-order valence-corrected chi connectivity index (χ4v) is 3.86. The van der Waals surface area contributed by atoms with Gasteiger partial charge in [0, 0.05) is 12.1 Å². The van der Waals surface area contributed by atoms with Crippen molar-refractivity contribution < 1.29 is 31.5 Å². The molecular weight excluding hydrogens is 409 g/mol. The fraction of sp³-hybridized carbons (Fsp3) is 0.316. The maximum absolute atomic E-state index is 13.1. The van der Waals surface area contributed by atoms with Crippen molar-refractivity contribution in [2.75, 3.05) is 13.6 Å². The third kappa shape index (κ3) is 5.14. The molecule has 0 saturated carbocycles. The summed E-state index contributed by atoms with van der Waals surface area (Å²) in [6.07, 6.45) is -6.24. The van der Waals surface area contributed by atoms with Crippen LogP contribution >= 0.6 is 0 Å². The van der Waals surface area contributed by atoms with E-state index in [4.69, 9.17) is 0 Å². The third-order valence-corrected chi connectivity index (χ3v) is 6.06. The smallest absolute Gasteiger partial charge is 0.387 e. The topological polar surface area (TPSA) is 95.5 Å². The minimum absolute atomic E-state index is 0.0123. The summed E-state index contributed by atoms with van der Waals surface area (Å²) in [5, 5.41) is 12.5. The van der Waals surface area contributed by atoms with E-state index in [0.717, 1.165) is 12.1 Å². The molecule has 2 aromatic rings. The molecule has 0 aliphatic heterocycles. The minimum atomic E-state index is -4.65. The van der Waals surface area contributed by atoms with Gasteiger partial charge in [-0.2, -0.15) is 13.2 Å². The molecule has 3 N–H and O–H groups in total. The van der Waals surface area contributed by atoms with Gasteiger partial charge in [0.05, 0.1) is 16.6 Å². The van der Waals surface area contributed by atoms with Crippen LogP contribution in [-0.2, 0) is 16.2 Å². The average Bonchev–Trinajstić information content (AvgIpc) is 2.66. The molecule has 0 aliphatic rings. The van der Waals surface area contributed by atoms with Crippen LogP contribution in [-0.4, -0.2) is 33.0 Å². The zero-order valence-electron chi connectivity index (χ0n) is 16.0. The molecule has 29 heavy (non-hydrogen) atoms. The molecule has 0 radical (unpaired) electrons. The van der Waals surface area contributed by atoms with Gasteiger partial charge in [0.25, 0.3) is 5.91 Å². The first-order valence-corrected chi connectivity index (χ1v) is 10.0. The molecule has 0 aromatic heterocycles. The molecule has 2 rings (SSSR count). The number of hydrogen-bond acceptors (Lipinski definition) is 4. The van der Waals surface area contributed by atoms with Gasteiger partial charge < -0.3 is 10.4 Å². The molecule has 0 bridgehead atoms. The van der Waals surface area contributed by atoms with Crippen molar-refractivity contribution in [1.82, 2.24) is 10.0 Å². The Bertz CT molecular complexity index is 1020. The van der Waals surface area contributed by atoms with E-state index in [1.54, 1.807) is 13.8 Å². The van der Waals surface area contributed by atoms with Gasteiger partial charge in [-0.1, -0.05) is 18.2 Å². The van der Waals surface area contributed by atoms with Crippen LogP contribution in [0, 0.1) is 13.8 Å². The van der Waals surface area contributed by atoms with Gasteiger partial charge in [-0.05, 0) is 55.8 Å². The molecule has 158 valence electrons. The Morgan fingerprint density at radius 2 is 1.79 bits per heavy atom. The summed E-state index contributed by atoms with van der Waals surface area (Å²) in [7, 11) is -2.57. The number of halogens is 3. The van der Waals surface area contributed by atoms with Gasteiger partial charge >= 0.3 is 6.18 Å². The summed E-state index contributed by atoms with van der Waals surface area (Å²) >= 11 is 0. The number of rotatable bonds is 6. The Labute approximate surface area is 166 Å². The standard InChI is InChI=1S/C19H21F3N2O4S/c1-11-8-13(9-17(12(11)2)29(27,28)23-3)18(26)24-10-16(25)14-6-4-5-7-15(14)19(20,21)22/h4-9,16,23,25H,10H2,1-3H3,(H,24,26). The number of sulfonamides is 1. The molecule has 0 spiro atoms. The maximum Gasteiger partial charge on any atom is 0.416 e. The van der Waals surface area contributed by atoms with E-state index in [2.05, 4.69) is 10.0 Å². The van der Waals surface area contributed by atoms with E-state index in [9.17, 15) is 31.5 Å². The summed E-state index contributed by atoms with van der Waals surface area (Å²) < 4.78 is 65.7. The highest BCUT2D eigenvalue weighted by atomic mass is 32.2. The molecule has 6 nitrogen and oxygen atoms in total. The molecule has 10 heteroatoms. The Morgan fingerprint density at radius 3 is 2.38 bits per heavy atom. The van der Waals surface area contributed by atoms with E-state index in [0.29, 0.717) is 11.1 Å². The maximum atomic E-state index is 13.1. The third-order valence-electron chi connectivity index (χ3n) is 4.52. The minimum Gasteiger partial charge on any atom is -0.387 e. The predicted octanol–water partition coefficient (Wildman–Crippen LogP) is 2.69. The van der Waals surface area contributed by atoms with Crippen molar-refractivity contribution in [3.8, 4) is 0 Å². The number of nitrogens with one attached hydrogen (secondary N) is 2. The van der Waals surface area contributed by atoms with Crippen LogP contribution in [0.2, 0.25) is 0 Å². The van der Waals surface area contributed by atoms with Crippen LogP contribution in [0.15, 0.2) is 41.3 Å². The zero-order chi connectivity index (χ0) is 22.0. The van der Waals surface area contributed by atoms with E-state index in [1.165, 1.54) is 31.3 Å². The summed E-state index contributed by atoms with van der Waals surface area (Å²) in [6.45, 7) is 2.75. The number of aryl methyl sites for hydroxylation is 1. The van der Waals surface area contributed by atoms with Crippen molar-refractivity contribution in [2.24, 2.45) is 0 Å². The lowest BCUT2D eigenvalue weighted by Gasteiger charge is -2.18. The molecule has 0 heterocycles. The lowest BCUT2D eigenvalue weighted by atomic mass is 10.0. The Kier molecular flexibility index (Phi) is 6.71. The van der Waals surface area contributed by atoms with Crippen molar-refractivity contribution >= 4 is 15.9 Å². The van der Waals surface area contributed by atoms with Gasteiger partial charge in [0.1, 0.15) is 0 Å². The molecule has 2 aromatic carbocycles. The number of aliphatic hydroxyl groups is 1. The highest BCUT2D eigenvalue weighted by Crippen LogP contribution is 2.34. The number of aliphatic hydroxyl groups excluding tert-OH is 1. The number of carbonyl (C=O) groups is 1. The van der Waals surface area contributed by atoms with Crippen LogP contribution in [0.1, 0.15) is 38.7 Å². The summed E-state index contributed by atoms with van der Waals surface area (Å²) in [6, 6.07) is 7.19. The van der Waals surface area contributed by atoms with E-state index in [-0.39, 0.29) is 16.0 Å². The first-order chi connectivity index (χ1) is 13.4. The van der Waals surface area contributed by atoms with Crippen molar-refractivity contribution in [3.05, 3.63) is 64.2 Å². The average molecular weight is 430 g/mol. The number of carbonyl (C=O) groups excluding carboxylic acids is 1. The quantitative estimate of drug-likeness (QED) is 0.657. The second kappa shape index (κ2) is 8.52. The van der Waals surface area contributed by atoms with Gasteiger partial charge in [-0.25, -0.2) is 13.1 Å². The van der Waals surface area contributed by atoms with Gasteiger partial charge in [-0.3, -0.25) is 4.79 Å². The summed E-state index contributed by atoms with van der Waals surface area (Å²) in [5.74, 6) is -0.718. The molecule has 0 fully saturated rings. The van der Waals surface area contributed by atoms with Crippen LogP contribution in [0.4, 0.5) is 13.2 Å². The van der Waals surface area contributed by atoms with Crippen LogP contribution in [0.5, 0.6) is 0 Å². The molecule has 1 amide bonds. The van der Waals surface area contributed by atoms with Gasteiger partial charge in [0.15, 0.2) is 0 Å². The van der Waals surface area contributed by atoms with E-state index >= 15 is 0 Å². The monoisotopic (exact) mass is 430 g/mol. The first kappa shape index (κ1) is 22.9. The van der Waals surface area contributed by atoms with E-state index < -0.39 is 40.3 Å². The zero-order valence-corrected chi connectivity index (χ0v) is 16.8. The SMILES string of the molecule is CNS(=O)(=O)c1cc(C(=O)NCC(O)c2ccccc2C(F)(F)F)cc(C)c1C. The highest BCUT2D eigenvalue weighted by Gasteiger charge is 2.34. The summed E-state index contributed by atoms with van der Waals surface area (Å²) in [5.41, 5.74) is -0.322. The lowest BCUT2D eigenvalue weighted by Crippen LogP contribution is -2.30. The van der Waals surface area contributed by atoms with Crippen molar-refractivity contribution in [2.45, 2.75) is 31.0 Å². The van der Waals surface area contributed by atoms with Crippen molar-refractivity contribution in [3.63, 3.8) is 0 Å². The second-order valence-electron chi connectivity index (χ2n) is 6.43. The summed E-state index contributed by atoms with van der Waals surface area (Å²) in [4.78, 5) is 12.4. The number of hydrogen-bond donors (Lipinski definition) is 3.